The highest BCUT2D eigenvalue weighted by atomic mass is 16.4. The van der Waals surface area contributed by atoms with E-state index in [0.29, 0.717) is 0 Å². The number of pyridine rings is 1. The highest BCUT2D eigenvalue weighted by Gasteiger charge is 2.21. The van der Waals surface area contributed by atoms with E-state index in [1.54, 1.807) is 0 Å². The molecule has 0 aromatic carbocycles. The minimum atomic E-state index is -1.27. The van der Waals surface area contributed by atoms with Crippen LogP contribution in [0.15, 0.2) is 24.5 Å². The van der Waals surface area contributed by atoms with Crippen LogP contribution in [0.2, 0.25) is 0 Å². The molecule has 0 aliphatic rings. The number of amides is 1. The summed E-state index contributed by atoms with van der Waals surface area (Å²) in [4.78, 5) is 36.6. The number of aromatic nitrogens is 1. The summed E-state index contributed by atoms with van der Waals surface area (Å²) in [6, 6.07) is 1.65. The molecule has 0 aliphatic carbocycles. The third kappa shape index (κ3) is 4.20. The van der Waals surface area contributed by atoms with Gasteiger partial charge in [0.1, 0.15) is 6.04 Å². The summed E-state index contributed by atoms with van der Waals surface area (Å²) in [6.07, 6.45) is 2.32. The molecular weight excluding hydrogens is 240 g/mol. The maximum absolute atomic E-state index is 11.7. The molecular formula is C11H12N2O5. The van der Waals surface area contributed by atoms with E-state index in [1.807, 2.05) is 0 Å². The van der Waals surface area contributed by atoms with Crippen LogP contribution < -0.4 is 5.32 Å². The van der Waals surface area contributed by atoms with Crippen LogP contribution in [0.3, 0.4) is 0 Å². The monoisotopic (exact) mass is 252 g/mol. The zero-order chi connectivity index (χ0) is 13.5. The lowest BCUT2D eigenvalue weighted by atomic mass is 10.1. The summed E-state index contributed by atoms with van der Waals surface area (Å²) in [6.45, 7) is 0. The van der Waals surface area contributed by atoms with E-state index in [4.69, 9.17) is 10.2 Å². The first-order valence-corrected chi connectivity index (χ1v) is 5.16. The molecule has 1 unspecified atom stereocenters. The molecule has 1 atom stereocenters. The molecule has 0 bridgehead atoms. The van der Waals surface area contributed by atoms with Gasteiger partial charge in [0.25, 0.3) is 5.91 Å². The average Bonchev–Trinajstić information content (AvgIpc) is 2.34. The predicted octanol–water partition coefficient (Wildman–Crippen LogP) is 0.129. The molecule has 1 aromatic heterocycles. The Bertz CT molecular complexity index is 446. The van der Waals surface area contributed by atoms with E-state index in [-0.39, 0.29) is 18.4 Å². The van der Waals surface area contributed by atoms with Crippen molar-refractivity contribution in [2.24, 2.45) is 0 Å². The molecule has 18 heavy (non-hydrogen) atoms. The predicted molar refractivity (Wildman–Crippen MR) is 60.0 cm³/mol. The van der Waals surface area contributed by atoms with Gasteiger partial charge in [0.05, 0.1) is 0 Å². The molecule has 0 aliphatic heterocycles. The second-order valence-corrected chi connectivity index (χ2v) is 3.53. The number of carboxylic acid groups (broad SMARTS) is 2. The van der Waals surface area contributed by atoms with Gasteiger partial charge < -0.3 is 15.5 Å². The summed E-state index contributed by atoms with van der Waals surface area (Å²) in [5.74, 6) is -2.95. The summed E-state index contributed by atoms with van der Waals surface area (Å²) < 4.78 is 0. The number of carboxylic acids is 2. The first kappa shape index (κ1) is 13.6. The normalized spacial score (nSPS) is 11.6. The van der Waals surface area contributed by atoms with Gasteiger partial charge in [-0.1, -0.05) is 0 Å². The average molecular weight is 252 g/mol. The van der Waals surface area contributed by atoms with E-state index < -0.39 is 23.9 Å². The maximum Gasteiger partial charge on any atom is 0.326 e. The second kappa shape index (κ2) is 6.33. The van der Waals surface area contributed by atoms with E-state index in [9.17, 15) is 14.4 Å². The van der Waals surface area contributed by atoms with Gasteiger partial charge in [0.15, 0.2) is 0 Å². The fourth-order valence-corrected chi connectivity index (χ4v) is 1.27. The summed E-state index contributed by atoms with van der Waals surface area (Å²) in [5.41, 5.74) is 0.270. The summed E-state index contributed by atoms with van der Waals surface area (Å²) >= 11 is 0. The Labute approximate surface area is 102 Å². The Balaban J connectivity index is 2.64. The zero-order valence-electron chi connectivity index (χ0n) is 9.37. The van der Waals surface area contributed by atoms with E-state index in [0.717, 1.165) is 0 Å². The van der Waals surface area contributed by atoms with Crippen LogP contribution in [0, 0.1) is 0 Å². The van der Waals surface area contributed by atoms with Crippen LogP contribution >= 0.6 is 0 Å². The summed E-state index contributed by atoms with van der Waals surface area (Å²) in [7, 11) is 0. The molecule has 3 N–H and O–H groups in total. The highest BCUT2D eigenvalue weighted by molar-refractivity contribution is 5.96. The van der Waals surface area contributed by atoms with Crippen molar-refractivity contribution in [2.75, 3.05) is 0 Å². The van der Waals surface area contributed by atoms with Crippen LogP contribution in [0.4, 0.5) is 0 Å². The van der Waals surface area contributed by atoms with Crippen molar-refractivity contribution in [3.63, 3.8) is 0 Å². The van der Waals surface area contributed by atoms with Gasteiger partial charge in [0, 0.05) is 24.4 Å². The van der Waals surface area contributed by atoms with Gasteiger partial charge in [-0.2, -0.15) is 0 Å². The van der Waals surface area contributed by atoms with Crippen LogP contribution in [-0.2, 0) is 9.59 Å². The van der Waals surface area contributed by atoms with Crippen molar-refractivity contribution in [2.45, 2.75) is 18.9 Å². The highest BCUT2D eigenvalue weighted by Crippen LogP contribution is 2.02. The van der Waals surface area contributed by atoms with Crippen LogP contribution in [0.25, 0.3) is 0 Å². The Morgan fingerprint density at radius 2 is 1.83 bits per heavy atom. The number of hydrogen-bond acceptors (Lipinski definition) is 4. The van der Waals surface area contributed by atoms with Crippen molar-refractivity contribution in [3.8, 4) is 0 Å². The topological polar surface area (TPSA) is 117 Å². The van der Waals surface area contributed by atoms with Crippen molar-refractivity contribution in [1.82, 2.24) is 10.3 Å². The molecule has 0 spiro atoms. The third-order valence-corrected chi connectivity index (χ3v) is 2.19. The second-order valence-electron chi connectivity index (χ2n) is 3.53. The molecule has 96 valence electrons. The molecule has 0 saturated carbocycles. The lowest BCUT2D eigenvalue weighted by Crippen LogP contribution is -2.41. The van der Waals surface area contributed by atoms with Gasteiger partial charge in [-0.15, -0.1) is 0 Å². The van der Waals surface area contributed by atoms with E-state index in [1.165, 1.54) is 24.5 Å². The van der Waals surface area contributed by atoms with Crippen molar-refractivity contribution in [1.29, 1.82) is 0 Å². The number of carbonyl (C=O) groups is 3. The molecule has 1 aromatic rings. The number of nitrogens with zero attached hydrogens (tertiary/aromatic N) is 1. The van der Waals surface area contributed by atoms with Gasteiger partial charge in [-0.05, 0) is 18.6 Å². The van der Waals surface area contributed by atoms with E-state index >= 15 is 0 Å². The van der Waals surface area contributed by atoms with Gasteiger partial charge in [-0.25, -0.2) is 4.79 Å². The molecule has 7 nitrogen and oxygen atoms in total. The summed E-state index contributed by atoms with van der Waals surface area (Å²) in [5, 5.41) is 19.6. The fourth-order valence-electron chi connectivity index (χ4n) is 1.27. The molecule has 7 heteroatoms. The molecule has 1 rings (SSSR count). The first-order chi connectivity index (χ1) is 8.50. The van der Waals surface area contributed by atoms with Crippen LogP contribution in [0.1, 0.15) is 23.2 Å². The van der Waals surface area contributed by atoms with Gasteiger partial charge in [-0.3, -0.25) is 14.6 Å². The Kier molecular flexibility index (Phi) is 4.79. The first-order valence-electron chi connectivity index (χ1n) is 5.16. The quantitative estimate of drug-likeness (QED) is 0.662. The number of rotatable bonds is 6. The molecule has 0 saturated heterocycles. The van der Waals surface area contributed by atoms with Gasteiger partial charge >= 0.3 is 11.9 Å². The Hall–Kier alpha value is -2.44. The largest absolute Gasteiger partial charge is 0.481 e. The van der Waals surface area contributed by atoms with Crippen molar-refractivity contribution < 1.29 is 24.6 Å². The lowest BCUT2D eigenvalue weighted by molar-refractivity contribution is -0.140. The minimum absolute atomic E-state index is 0.165. The smallest absolute Gasteiger partial charge is 0.326 e. The van der Waals surface area contributed by atoms with Crippen LogP contribution in [0.5, 0.6) is 0 Å². The van der Waals surface area contributed by atoms with Crippen LogP contribution in [-0.4, -0.2) is 39.1 Å². The van der Waals surface area contributed by atoms with Crippen molar-refractivity contribution >= 4 is 17.8 Å². The number of carbonyl (C=O) groups excluding carboxylic acids is 1. The van der Waals surface area contributed by atoms with E-state index in [2.05, 4.69) is 10.3 Å². The Morgan fingerprint density at radius 3 is 2.33 bits per heavy atom. The molecule has 1 heterocycles. The lowest BCUT2D eigenvalue weighted by Gasteiger charge is -2.13. The SMILES string of the molecule is O=C(O)CCC(NC(=O)c1ccncc1)C(=O)O. The standard InChI is InChI=1S/C11H12N2O5/c14-9(15)2-1-8(11(17)18)13-10(16)7-3-5-12-6-4-7/h3-6,8H,1-2H2,(H,13,16)(H,14,15)(H,17,18). The molecule has 0 fully saturated rings. The maximum atomic E-state index is 11.7. The van der Waals surface area contributed by atoms with Crippen molar-refractivity contribution in [3.05, 3.63) is 30.1 Å². The number of aliphatic carboxylic acids is 2. The molecule has 0 radical (unpaired) electrons. The third-order valence-electron chi connectivity index (χ3n) is 2.19. The Morgan fingerprint density at radius 1 is 1.22 bits per heavy atom. The minimum Gasteiger partial charge on any atom is -0.481 e. The number of nitrogens with one attached hydrogen (secondary N) is 1. The molecule has 1 amide bonds. The fraction of sp³-hybridized carbons (Fsp3) is 0.273. The van der Waals surface area contributed by atoms with Gasteiger partial charge in [0.2, 0.25) is 0 Å². The zero-order valence-corrected chi connectivity index (χ0v) is 9.37. The number of hydrogen-bond donors (Lipinski definition) is 3.